The summed E-state index contributed by atoms with van der Waals surface area (Å²) in [4.78, 5) is 2.67. The molecule has 0 fully saturated rings. The van der Waals surface area contributed by atoms with Gasteiger partial charge in [0.2, 0.25) is 0 Å². The Balaban J connectivity index is 2.09. The van der Waals surface area contributed by atoms with Crippen molar-refractivity contribution < 1.29 is 9.47 Å². The molecule has 96 valence electrons. The van der Waals surface area contributed by atoms with Crippen LogP contribution in [-0.2, 0) is 6.61 Å². The van der Waals surface area contributed by atoms with Gasteiger partial charge in [0.05, 0.1) is 7.11 Å². The molecule has 0 aliphatic heterocycles. The van der Waals surface area contributed by atoms with E-state index in [-0.39, 0.29) is 0 Å². The predicted molar refractivity (Wildman–Crippen MR) is 75.9 cm³/mol. The summed E-state index contributed by atoms with van der Waals surface area (Å²) in [5, 5.41) is 0. The Morgan fingerprint density at radius 3 is 2.39 bits per heavy atom. The molecule has 0 unspecified atom stereocenters. The summed E-state index contributed by atoms with van der Waals surface area (Å²) >= 11 is 1.81. The van der Waals surface area contributed by atoms with E-state index in [0.29, 0.717) is 6.61 Å². The molecule has 2 rings (SSSR count). The second-order valence-electron chi connectivity index (χ2n) is 4.30. The first-order valence-electron chi connectivity index (χ1n) is 5.94. The van der Waals surface area contributed by atoms with Gasteiger partial charge >= 0.3 is 0 Å². The average Bonchev–Trinajstić information content (AvgIpc) is 2.64. The molecule has 0 spiro atoms. The maximum absolute atomic E-state index is 5.81. The Morgan fingerprint density at radius 2 is 1.78 bits per heavy atom. The van der Waals surface area contributed by atoms with Gasteiger partial charge in [-0.3, -0.25) is 0 Å². The first kappa shape index (κ1) is 13.0. The van der Waals surface area contributed by atoms with Crippen molar-refractivity contribution in [3.05, 3.63) is 45.1 Å². The van der Waals surface area contributed by atoms with Crippen molar-refractivity contribution in [2.45, 2.75) is 27.4 Å². The molecule has 2 nitrogen and oxygen atoms in total. The van der Waals surface area contributed by atoms with Crippen LogP contribution in [0.1, 0.15) is 20.9 Å². The van der Waals surface area contributed by atoms with Crippen molar-refractivity contribution in [3.63, 3.8) is 0 Å². The van der Waals surface area contributed by atoms with E-state index in [2.05, 4.69) is 20.8 Å². The van der Waals surface area contributed by atoms with Crippen LogP contribution in [0.5, 0.6) is 11.5 Å². The van der Waals surface area contributed by atoms with Crippen LogP contribution in [0.15, 0.2) is 24.3 Å². The van der Waals surface area contributed by atoms with E-state index >= 15 is 0 Å². The van der Waals surface area contributed by atoms with E-state index in [1.54, 1.807) is 7.11 Å². The number of rotatable bonds is 4. The van der Waals surface area contributed by atoms with Crippen LogP contribution < -0.4 is 9.47 Å². The van der Waals surface area contributed by atoms with Gasteiger partial charge in [0, 0.05) is 15.8 Å². The molecule has 2 aromatic rings. The van der Waals surface area contributed by atoms with Gasteiger partial charge in [-0.25, -0.2) is 0 Å². The third-order valence-corrected chi connectivity index (χ3v) is 4.48. The molecule has 1 aromatic heterocycles. The van der Waals surface area contributed by atoms with Gasteiger partial charge in [0.1, 0.15) is 18.1 Å². The highest BCUT2D eigenvalue weighted by atomic mass is 32.1. The van der Waals surface area contributed by atoms with E-state index in [1.165, 1.54) is 20.9 Å². The van der Waals surface area contributed by atoms with Crippen LogP contribution in [0.3, 0.4) is 0 Å². The maximum Gasteiger partial charge on any atom is 0.123 e. The standard InChI is InChI=1S/C15H18O2S/c1-10-11(2)15(18-12(10)3)9-17-14-7-5-6-13(8-14)16-4/h5-8H,9H2,1-4H3. The molecule has 0 saturated carbocycles. The molecule has 0 amide bonds. The van der Waals surface area contributed by atoms with E-state index in [0.717, 1.165) is 11.5 Å². The fourth-order valence-electron chi connectivity index (χ4n) is 1.79. The van der Waals surface area contributed by atoms with Crippen molar-refractivity contribution in [1.82, 2.24) is 0 Å². The first-order chi connectivity index (χ1) is 8.61. The Labute approximate surface area is 112 Å². The van der Waals surface area contributed by atoms with Crippen molar-refractivity contribution in [2.24, 2.45) is 0 Å². The lowest BCUT2D eigenvalue weighted by atomic mass is 10.1. The number of methoxy groups -OCH3 is 1. The van der Waals surface area contributed by atoms with Gasteiger partial charge in [0.15, 0.2) is 0 Å². The minimum Gasteiger partial charge on any atom is -0.497 e. The monoisotopic (exact) mass is 262 g/mol. The fraction of sp³-hybridized carbons (Fsp3) is 0.333. The van der Waals surface area contributed by atoms with Gasteiger partial charge in [-0.15, -0.1) is 11.3 Å². The van der Waals surface area contributed by atoms with E-state index in [1.807, 2.05) is 35.6 Å². The third-order valence-electron chi connectivity index (χ3n) is 3.20. The summed E-state index contributed by atoms with van der Waals surface area (Å²) in [5.74, 6) is 1.67. The lowest BCUT2D eigenvalue weighted by Gasteiger charge is -2.07. The Hall–Kier alpha value is -1.48. The molecular weight excluding hydrogens is 244 g/mol. The molecule has 0 aliphatic rings. The van der Waals surface area contributed by atoms with Crippen LogP contribution in [0.25, 0.3) is 0 Å². The molecule has 1 heterocycles. The molecule has 0 N–H and O–H groups in total. The maximum atomic E-state index is 5.81. The quantitative estimate of drug-likeness (QED) is 0.819. The van der Waals surface area contributed by atoms with E-state index < -0.39 is 0 Å². The van der Waals surface area contributed by atoms with Crippen molar-refractivity contribution in [3.8, 4) is 11.5 Å². The van der Waals surface area contributed by atoms with Crippen LogP contribution in [0.2, 0.25) is 0 Å². The van der Waals surface area contributed by atoms with Gasteiger partial charge in [-0.05, 0) is 44.0 Å². The van der Waals surface area contributed by atoms with Gasteiger partial charge < -0.3 is 9.47 Å². The average molecular weight is 262 g/mol. The summed E-state index contributed by atoms with van der Waals surface area (Å²) < 4.78 is 11.0. The van der Waals surface area contributed by atoms with Gasteiger partial charge in [0.25, 0.3) is 0 Å². The van der Waals surface area contributed by atoms with Crippen molar-refractivity contribution >= 4 is 11.3 Å². The van der Waals surface area contributed by atoms with Crippen molar-refractivity contribution in [2.75, 3.05) is 7.11 Å². The number of hydrogen-bond acceptors (Lipinski definition) is 3. The summed E-state index contributed by atoms with van der Waals surface area (Å²) in [6.07, 6.45) is 0. The van der Waals surface area contributed by atoms with Crippen LogP contribution in [0.4, 0.5) is 0 Å². The number of thiophene rings is 1. The van der Waals surface area contributed by atoms with Crippen molar-refractivity contribution in [1.29, 1.82) is 0 Å². The molecule has 18 heavy (non-hydrogen) atoms. The number of aryl methyl sites for hydroxylation is 1. The summed E-state index contributed by atoms with van der Waals surface area (Å²) in [7, 11) is 1.66. The molecule has 0 saturated heterocycles. The second-order valence-corrected chi connectivity index (χ2v) is 5.61. The fourth-order valence-corrected chi connectivity index (χ4v) is 2.89. The minimum atomic E-state index is 0.623. The lowest BCUT2D eigenvalue weighted by molar-refractivity contribution is 0.306. The van der Waals surface area contributed by atoms with E-state index in [4.69, 9.17) is 9.47 Å². The summed E-state index contributed by atoms with van der Waals surface area (Å²) in [5.41, 5.74) is 2.73. The highest BCUT2D eigenvalue weighted by Crippen LogP contribution is 2.28. The number of benzene rings is 1. The van der Waals surface area contributed by atoms with E-state index in [9.17, 15) is 0 Å². The largest absolute Gasteiger partial charge is 0.497 e. The summed E-state index contributed by atoms with van der Waals surface area (Å²) in [6, 6.07) is 7.71. The second kappa shape index (κ2) is 5.44. The molecule has 0 aliphatic carbocycles. The van der Waals surface area contributed by atoms with Gasteiger partial charge in [-0.2, -0.15) is 0 Å². The Morgan fingerprint density at radius 1 is 1.06 bits per heavy atom. The zero-order valence-corrected chi connectivity index (χ0v) is 12.1. The smallest absolute Gasteiger partial charge is 0.123 e. The molecular formula is C15H18O2S. The van der Waals surface area contributed by atoms with Crippen LogP contribution in [-0.4, -0.2) is 7.11 Å². The highest BCUT2D eigenvalue weighted by Gasteiger charge is 2.09. The first-order valence-corrected chi connectivity index (χ1v) is 6.75. The lowest BCUT2D eigenvalue weighted by Crippen LogP contribution is -1.95. The molecule has 0 radical (unpaired) electrons. The Bertz CT molecular complexity index is 543. The summed E-state index contributed by atoms with van der Waals surface area (Å²) in [6.45, 7) is 7.10. The van der Waals surface area contributed by atoms with Gasteiger partial charge in [-0.1, -0.05) is 6.07 Å². The number of ether oxygens (including phenoxy) is 2. The Kier molecular flexibility index (Phi) is 3.92. The zero-order chi connectivity index (χ0) is 13.1. The molecule has 0 bridgehead atoms. The van der Waals surface area contributed by atoms with Crippen LogP contribution >= 0.6 is 11.3 Å². The predicted octanol–water partition coefficient (Wildman–Crippen LogP) is 4.26. The number of hydrogen-bond donors (Lipinski definition) is 0. The molecule has 3 heteroatoms. The molecule has 0 atom stereocenters. The van der Waals surface area contributed by atoms with Crippen LogP contribution in [0, 0.1) is 20.8 Å². The topological polar surface area (TPSA) is 18.5 Å². The third kappa shape index (κ3) is 2.67. The SMILES string of the molecule is COc1cccc(OCc2sc(C)c(C)c2C)c1. The zero-order valence-electron chi connectivity index (χ0n) is 11.2. The normalized spacial score (nSPS) is 10.4. The molecule has 1 aromatic carbocycles. The highest BCUT2D eigenvalue weighted by molar-refractivity contribution is 7.12. The minimum absolute atomic E-state index is 0.623.